The fourth-order valence-corrected chi connectivity index (χ4v) is 6.00. The number of thiazole rings is 1. The fourth-order valence-electron chi connectivity index (χ4n) is 4.10. The van der Waals surface area contributed by atoms with E-state index in [1.807, 2.05) is 36.6 Å². The number of halogens is 1. The molecule has 1 aliphatic heterocycles. The summed E-state index contributed by atoms with van der Waals surface area (Å²) in [6.45, 7) is 14.8. The van der Waals surface area contributed by atoms with Crippen LogP contribution in [0.3, 0.4) is 0 Å². The zero-order valence-corrected chi connectivity index (χ0v) is 25.4. The third kappa shape index (κ3) is 8.10. The molecule has 2 amide bonds. The zero-order chi connectivity index (χ0) is 27.2. The van der Waals surface area contributed by atoms with Gasteiger partial charge < -0.3 is 19.4 Å². The Morgan fingerprint density at radius 1 is 1.22 bits per heavy atom. The van der Waals surface area contributed by atoms with E-state index in [1.165, 1.54) is 11.3 Å². The molecule has 1 N–H and O–H groups in total. The lowest BCUT2D eigenvalue weighted by Gasteiger charge is -2.38. The van der Waals surface area contributed by atoms with Crippen LogP contribution in [0.25, 0.3) is 11.3 Å². The van der Waals surface area contributed by atoms with E-state index in [2.05, 4.69) is 44.2 Å². The van der Waals surface area contributed by atoms with Crippen molar-refractivity contribution in [3.63, 3.8) is 0 Å². The van der Waals surface area contributed by atoms with Crippen molar-refractivity contribution < 1.29 is 18.8 Å². The van der Waals surface area contributed by atoms with Crippen LogP contribution in [-0.4, -0.2) is 62.4 Å². The summed E-state index contributed by atoms with van der Waals surface area (Å²) in [6.07, 6.45) is 1.55. The van der Waals surface area contributed by atoms with Gasteiger partial charge in [-0.1, -0.05) is 44.5 Å². The summed E-state index contributed by atoms with van der Waals surface area (Å²) in [5.41, 5.74) is 1.85. The van der Waals surface area contributed by atoms with E-state index in [4.69, 9.17) is 20.8 Å². The van der Waals surface area contributed by atoms with Crippen molar-refractivity contribution in [2.75, 3.05) is 26.4 Å². The van der Waals surface area contributed by atoms with Crippen LogP contribution in [0.5, 0.6) is 0 Å². The number of piperidine rings is 1. The van der Waals surface area contributed by atoms with Crippen LogP contribution in [0.4, 0.5) is 0 Å². The lowest BCUT2D eigenvalue weighted by Crippen LogP contribution is -2.52. The van der Waals surface area contributed by atoms with Crippen LogP contribution >= 0.6 is 22.9 Å². The molecule has 37 heavy (non-hydrogen) atoms. The number of amides is 2. The number of hydrogen-bond acceptors (Lipinski definition) is 6. The summed E-state index contributed by atoms with van der Waals surface area (Å²) in [6, 6.07) is 7.35. The third-order valence-electron chi connectivity index (χ3n) is 7.47. The summed E-state index contributed by atoms with van der Waals surface area (Å²) in [5.74, 6) is -0.378. The highest BCUT2D eigenvalue weighted by Gasteiger charge is 2.37. The minimum Gasteiger partial charge on any atom is -0.414 e. The topological polar surface area (TPSA) is 80.8 Å². The normalized spacial score (nSPS) is 18.6. The highest BCUT2D eigenvalue weighted by Crippen LogP contribution is 2.36. The van der Waals surface area contributed by atoms with E-state index in [-0.39, 0.29) is 35.4 Å². The van der Waals surface area contributed by atoms with Gasteiger partial charge in [-0.15, -0.1) is 11.3 Å². The molecular weight excluding hydrogens is 526 g/mol. The SMILES string of the molecule is C[C@H]1[C@@H](C(=O)NCc2nc(-c3ccc(Cl)cc3)cs2)CCCN1C(=O)COCCO[Si](C)(C)C(C)(C)C. The van der Waals surface area contributed by atoms with Crippen LogP contribution < -0.4 is 5.32 Å². The van der Waals surface area contributed by atoms with Gasteiger partial charge in [0.25, 0.3) is 0 Å². The Morgan fingerprint density at radius 3 is 2.59 bits per heavy atom. The van der Waals surface area contributed by atoms with Crippen LogP contribution in [-0.2, 0) is 25.3 Å². The molecule has 0 saturated carbocycles. The molecule has 204 valence electrons. The molecule has 0 aliphatic carbocycles. The third-order valence-corrected chi connectivity index (χ3v) is 13.1. The molecule has 2 atom stereocenters. The summed E-state index contributed by atoms with van der Waals surface area (Å²) in [5, 5.41) is 6.66. The van der Waals surface area contributed by atoms with Crippen LogP contribution in [0, 0.1) is 5.92 Å². The van der Waals surface area contributed by atoms with Gasteiger partial charge in [0, 0.05) is 28.6 Å². The Hall–Kier alpha value is -1.78. The van der Waals surface area contributed by atoms with E-state index in [9.17, 15) is 9.59 Å². The molecule has 7 nitrogen and oxygen atoms in total. The van der Waals surface area contributed by atoms with Gasteiger partial charge in [-0.05, 0) is 50.0 Å². The number of likely N-dealkylation sites (tertiary alicyclic amines) is 1. The molecule has 1 aromatic heterocycles. The van der Waals surface area contributed by atoms with Crippen molar-refractivity contribution >= 4 is 43.1 Å². The standard InChI is InChI=1S/C27H40ClN3O4SSi/c1-19-22(26(33)29-16-24-30-23(18-36-24)20-9-11-21(28)12-10-20)8-7-13-31(19)25(32)17-34-14-15-35-37(5,6)27(2,3)4/h9-12,18-19,22H,7-8,13-17H2,1-6H3,(H,29,33)/t19-,22-/m0/s1. The van der Waals surface area contributed by atoms with Gasteiger partial charge in [0.2, 0.25) is 11.8 Å². The van der Waals surface area contributed by atoms with E-state index >= 15 is 0 Å². The van der Waals surface area contributed by atoms with Gasteiger partial charge in [0.15, 0.2) is 8.32 Å². The largest absolute Gasteiger partial charge is 0.414 e. The van der Waals surface area contributed by atoms with Crippen molar-refractivity contribution in [2.45, 2.75) is 71.3 Å². The van der Waals surface area contributed by atoms with Gasteiger partial charge >= 0.3 is 0 Å². The lowest BCUT2D eigenvalue weighted by molar-refractivity contribution is -0.143. The molecule has 10 heteroatoms. The Labute approximate surface area is 231 Å². The number of benzene rings is 1. The van der Waals surface area contributed by atoms with Crippen molar-refractivity contribution in [3.05, 3.63) is 39.7 Å². The van der Waals surface area contributed by atoms with Gasteiger partial charge in [-0.3, -0.25) is 9.59 Å². The highest BCUT2D eigenvalue weighted by atomic mass is 35.5. The van der Waals surface area contributed by atoms with E-state index in [0.717, 1.165) is 29.1 Å². The molecule has 0 unspecified atom stereocenters. The predicted molar refractivity (Wildman–Crippen MR) is 152 cm³/mol. The first-order valence-electron chi connectivity index (χ1n) is 12.9. The van der Waals surface area contributed by atoms with E-state index in [0.29, 0.717) is 31.3 Å². The summed E-state index contributed by atoms with van der Waals surface area (Å²) >= 11 is 7.48. The summed E-state index contributed by atoms with van der Waals surface area (Å²) < 4.78 is 11.8. The molecule has 1 aliphatic rings. The minimum atomic E-state index is -1.83. The van der Waals surface area contributed by atoms with Gasteiger partial charge in [0.05, 0.1) is 31.4 Å². The Kier molecular flexibility index (Phi) is 10.3. The number of rotatable bonds is 10. The lowest BCUT2D eigenvalue weighted by atomic mass is 9.89. The predicted octanol–water partition coefficient (Wildman–Crippen LogP) is 5.75. The van der Waals surface area contributed by atoms with Gasteiger partial charge in [-0.2, -0.15) is 0 Å². The fraction of sp³-hybridized carbons (Fsp3) is 0.593. The van der Waals surface area contributed by atoms with Crippen molar-refractivity contribution in [1.29, 1.82) is 0 Å². The molecule has 2 aromatic rings. The highest BCUT2D eigenvalue weighted by molar-refractivity contribution is 7.09. The van der Waals surface area contributed by atoms with Crippen LogP contribution in [0.1, 0.15) is 45.5 Å². The first-order valence-corrected chi connectivity index (χ1v) is 17.0. The average molecular weight is 566 g/mol. The van der Waals surface area contributed by atoms with Crippen molar-refractivity contribution in [2.24, 2.45) is 5.92 Å². The second-order valence-corrected chi connectivity index (χ2v) is 17.3. The molecule has 0 radical (unpaired) electrons. The van der Waals surface area contributed by atoms with Gasteiger partial charge in [-0.25, -0.2) is 4.98 Å². The number of ether oxygens (including phenoxy) is 1. The Morgan fingerprint density at radius 2 is 1.92 bits per heavy atom. The maximum absolute atomic E-state index is 13.0. The van der Waals surface area contributed by atoms with Crippen molar-refractivity contribution in [3.8, 4) is 11.3 Å². The molecule has 1 aromatic carbocycles. The van der Waals surface area contributed by atoms with E-state index < -0.39 is 8.32 Å². The van der Waals surface area contributed by atoms with Crippen molar-refractivity contribution in [1.82, 2.24) is 15.2 Å². The average Bonchev–Trinajstić information content (AvgIpc) is 3.31. The molecular formula is C27H40ClN3O4SSi. The molecule has 1 saturated heterocycles. The smallest absolute Gasteiger partial charge is 0.248 e. The number of carbonyl (C=O) groups is 2. The maximum atomic E-state index is 13.0. The van der Waals surface area contributed by atoms with Crippen LogP contribution in [0.15, 0.2) is 29.6 Å². The maximum Gasteiger partial charge on any atom is 0.248 e. The minimum absolute atomic E-state index is 0.00608. The summed E-state index contributed by atoms with van der Waals surface area (Å²) in [4.78, 5) is 32.3. The second kappa shape index (κ2) is 12.8. The number of nitrogens with one attached hydrogen (secondary N) is 1. The monoisotopic (exact) mass is 565 g/mol. The van der Waals surface area contributed by atoms with E-state index in [1.54, 1.807) is 4.90 Å². The number of carbonyl (C=O) groups excluding carboxylic acids is 2. The first kappa shape index (κ1) is 29.8. The Balaban J connectivity index is 1.44. The molecule has 0 bridgehead atoms. The molecule has 0 spiro atoms. The zero-order valence-electron chi connectivity index (χ0n) is 22.8. The summed E-state index contributed by atoms with van der Waals surface area (Å²) in [7, 11) is -1.83. The van der Waals surface area contributed by atoms with Gasteiger partial charge in [0.1, 0.15) is 11.6 Å². The molecule has 2 heterocycles. The van der Waals surface area contributed by atoms with Crippen LogP contribution in [0.2, 0.25) is 23.2 Å². The first-order chi connectivity index (χ1) is 17.4. The molecule has 1 fully saturated rings. The second-order valence-electron chi connectivity index (χ2n) is 11.1. The number of hydrogen-bond donors (Lipinski definition) is 1. The number of nitrogens with zero attached hydrogens (tertiary/aromatic N) is 2. The Bertz CT molecular complexity index is 1050. The number of aromatic nitrogens is 1. The quantitative estimate of drug-likeness (QED) is 0.293. The molecule has 3 rings (SSSR count).